The zero-order valence-corrected chi connectivity index (χ0v) is 16.5. The lowest BCUT2D eigenvalue weighted by Gasteiger charge is -2.46. The van der Waals surface area contributed by atoms with Gasteiger partial charge in [-0.05, 0) is 55.5 Å². The van der Waals surface area contributed by atoms with Crippen molar-refractivity contribution in [2.75, 3.05) is 25.0 Å². The van der Waals surface area contributed by atoms with Gasteiger partial charge in [-0.15, -0.1) is 0 Å². The minimum atomic E-state index is 0.0115. The van der Waals surface area contributed by atoms with E-state index >= 15 is 0 Å². The van der Waals surface area contributed by atoms with E-state index in [4.69, 9.17) is 0 Å². The van der Waals surface area contributed by atoms with Crippen molar-refractivity contribution in [2.45, 2.75) is 32.4 Å². The first-order valence-electron chi connectivity index (χ1n) is 10.4. The van der Waals surface area contributed by atoms with Crippen LogP contribution in [0.1, 0.15) is 24.1 Å². The first-order chi connectivity index (χ1) is 14.1. The molecule has 3 aliphatic rings. The molecular weight excluding hydrogens is 364 g/mol. The molecule has 2 amide bonds. The van der Waals surface area contributed by atoms with E-state index in [-0.39, 0.29) is 6.03 Å². The smallest absolute Gasteiger partial charge is 0.315 e. The number of hydrogen-bond donors (Lipinski definition) is 2. The molecule has 0 radical (unpaired) electrons. The minimum absolute atomic E-state index is 0.0115. The van der Waals surface area contributed by atoms with E-state index in [2.05, 4.69) is 31.5 Å². The average molecular weight is 388 g/mol. The first-order valence-corrected chi connectivity index (χ1v) is 10.4. The maximum absolute atomic E-state index is 12.7. The van der Waals surface area contributed by atoms with Crippen LogP contribution in [0.3, 0.4) is 0 Å². The SMILES string of the molecule is Cc1cc(-c2n[nH]c3cc4c(cc23)CN(C2CN(CC3CC3)C2)C(=O)N4)ccn1. The van der Waals surface area contributed by atoms with Crippen LogP contribution >= 0.6 is 0 Å². The van der Waals surface area contributed by atoms with E-state index in [1.54, 1.807) is 0 Å². The summed E-state index contributed by atoms with van der Waals surface area (Å²) < 4.78 is 0. The number of aromatic amines is 1. The van der Waals surface area contributed by atoms with Crippen LogP contribution < -0.4 is 5.32 Å². The quantitative estimate of drug-likeness (QED) is 0.718. The third kappa shape index (κ3) is 2.97. The summed E-state index contributed by atoms with van der Waals surface area (Å²) in [6, 6.07) is 8.53. The number of nitrogens with one attached hydrogen (secondary N) is 2. The fourth-order valence-corrected chi connectivity index (χ4v) is 4.56. The molecule has 29 heavy (non-hydrogen) atoms. The van der Waals surface area contributed by atoms with E-state index in [9.17, 15) is 4.79 Å². The van der Waals surface area contributed by atoms with Gasteiger partial charge in [0.2, 0.25) is 0 Å². The second kappa shape index (κ2) is 6.29. The number of urea groups is 1. The van der Waals surface area contributed by atoms with Crippen molar-refractivity contribution in [1.82, 2.24) is 25.0 Å². The molecular formula is C22H24N6O. The van der Waals surface area contributed by atoms with Gasteiger partial charge in [0, 0.05) is 54.7 Å². The summed E-state index contributed by atoms with van der Waals surface area (Å²) in [5, 5.41) is 11.8. The van der Waals surface area contributed by atoms with E-state index in [1.165, 1.54) is 19.4 Å². The topological polar surface area (TPSA) is 77.2 Å². The van der Waals surface area contributed by atoms with E-state index < -0.39 is 0 Å². The Morgan fingerprint density at radius 2 is 2.07 bits per heavy atom. The molecule has 0 spiro atoms. The average Bonchev–Trinajstić information content (AvgIpc) is 3.40. The number of nitrogens with zero attached hydrogens (tertiary/aromatic N) is 4. The number of amides is 2. The Labute approximate surface area is 169 Å². The van der Waals surface area contributed by atoms with Crippen molar-refractivity contribution < 1.29 is 4.79 Å². The van der Waals surface area contributed by atoms with Crippen molar-refractivity contribution >= 4 is 22.6 Å². The predicted molar refractivity (Wildman–Crippen MR) is 112 cm³/mol. The Hall–Kier alpha value is -2.93. The van der Waals surface area contributed by atoms with Gasteiger partial charge >= 0.3 is 6.03 Å². The molecule has 7 heteroatoms. The zero-order chi connectivity index (χ0) is 19.5. The molecule has 1 saturated carbocycles. The molecule has 7 nitrogen and oxygen atoms in total. The number of aryl methyl sites for hydroxylation is 1. The van der Waals surface area contributed by atoms with Gasteiger partial charge in [-0.1, -0.05) is 0 Å². The van der Waals surface area contributed by atoms with Crippen LogP contribution in [0.2, 0.25) is 0 Å². The summed E-state index contributed by atoms with van der Waals surface area (Å²) in [6.45, 7) is 5.83. The number of carbonyl (C=O) groups excluding carboxylic acids is 1. The molecule has 4 heterocycles. The molecule has 1 aliphatic carbocycles. The molecule has 0 unspecified atom stereocenters. The summed E-state index contributed by atoms with van der Waals surface area (Å²) in [7, 11) is 0. The van der Waals surface area contributed by atoms with Gasteiger partial charge in [0.15, 0.2) is 0 Å². The highest BCUT2D eigenvalue weighted by Crippen LogP contribution is 2.35. The molecule has 2 aromatic heterocycles. The van der Waals surface area contributed by atoms with Crippen LogP contribution in [0.15, 0.2) is 30.5 Å². The minimum Gasteiger partial charge on any atom is -0.315 e. The number of benzene rings is 1. The Bertz CT molecular complexity index is 1110. The van der Waals surface area contributed by atoms with Gasteiger partial charge in [0.1, 0.15) is 5.69 Å². The van der Waals surface area contributed by atoms with Crippen LogP contribution in [-0.2, 0) is 6.54 Å². The summed E-state index contributed by atoms with van der Waals surface area (Å²) in [5.41, 5.74) is 5.91. The molecule has 6 rings (SSSR count). The number of H-pyrrole nitrogens is 1. The standard InChI is InChI=1S/C22H24N6O/c1-13-6-15(4-5-23-13)21-18-7-16-10-28(17-11-27(12-17)9-14-2-3-14)22(29)24-19(16)8-20(18)25-26-21/h4-8,14,17H,2-3,9-12H2,1H3,(H,24,29)(H,25,26). The fraction of sp³-hybridized carbons (Fsp3) is 0.409. The highest BCUT2D eigenvalue weighted by atomic mass is 16.2. The van der Waals surface area contributed by atoms with Gasteiger partial charge in [-0.25, -0.2) is 4.79 Å². The van der Waals surface area contributed by atoms with Gasteiger partial charge in [0.05, 0.1) is 11.6 Å². The molecule has 148 valence electrons. The third-order valence-corrected chi connectivity index (χ3v) is 6.39. The van der Waals surface area contributed by atoms with Crippen molar-refractivity contribution in [2.24, 2.45) is 5.92 Å². The van der Waals surface area contributed by atoms with E-state index in [0.717, 1.165) is 58.1 Å². The van der Waals surface area contributed by atoms with Crippen LogP contribution in [0.5, 0.6) is 0 Å². The maximum Gasteiger partial charge on any atom is 0.322 e. The highest BCUT2D eigenvalue weighted by Gasteiger charge is 2.39. The summed E-state index contributed by atoms with van der Waals surface area (Å²) in [5.74, 6) is 0.900. The van der Waals surface area contributed by atoms with E-state index in [0.29, 0.717) is 12.6 Å². The van der Waals surface area contributed by atoms with Gasteiger partial charge in [0.25, 0.3) is 0 Å². The number of anilines is 1. The second-order valence-electron chi connectivity index (χ2n) is 8.69. The molecule has 2 fully saturated rings. The Kier molecular flexibility index (Phi) is 3.68. The van der Waals surface area contributed by atoms with Gasteiger partial charge in [-0.3, -0.25) is 15.0 Å². The maximum atomic E-state index is 12.7. The highest BCUT2D eigenvalue weighted by molar-refractivity contribution is 6.00. The Balaban J connectivity index is 1.28. The number of fused-ring (bicyclic) bond motifs is 2. The first kappa shape index (κ1) is 17.0. The number of hydrogen-bond acceptors (Lipinski definition) is 4. The molecule has 0 atom stereocenters. The van der Waals surface area contributed by atoms with Crippen LogP contribution in [-0.4, -0.2) is 56.7 Å². The van der Waals surface area contributed by atoms with Crippen molar-refractivity contribution in [3.8, 4) is 11.3 Å². The monoisotopic (exact) mass is 388 g/mol. The number of rotatable bonds is 4. The van der Waals surface area contributed by atoms with Crippen LogP contribution in [0.25, 0.3) is 22.2 Å². The summed E-state index contributed by atoms with van der Waals surface area (Å²) >= 11 is 0. The van der Waals surface area contributed by atoms with Gasteiger partial charge in [-0.2, -0.15) is 5.10 Å². The van der Waals surface area contributed by atoms with Crippen molar-refractivity contribution in [3.63, 3.8) is 0 Å². The third-order valence-electron chi connectivity index (χ3n) is 6.39. The normalized spacial score (nSPS) is 19.9. The Morgan fingerprint density at radius 1 is 1.21 bits per heavy atom. The summed E-state index contributed by atoms with van der Waals surface area (Å²) in [4.78, 5) is 21.5. The number of likely N-dealkylation sites (tertiary alicyclic amines) is 1. The molecule has 3 aromatic rings. The zero-order valence-electron chi connectivity index (χ0n) is 16.5. The fourth-order valence-electron chi connectivity index (χ4n) is 4.56. The second-order valence-corrected chi connectivity index (χ2v) is 8.69. The molecule has 1 saturated heterocycles. The lowest BCUT2D eigenvalue weighted by atomic mass is 10.0. The molecule has 1 aromatic carbocycles. The van der Waals surface area contributed by atoms with Crippen molar-refractivity contribution in [3.05, 3.63) is 41.7 Å². The molecule has 0 bridgehead atoms. The predicted octanol–water partition coefficient (Wildman–Crippen LogP) is 3.38. The molecule has 2 N–H and O–H groups in total. The number of carbonyl (C=O) groups is 1. The van der Waals surface area contributed by atoms with Crippen molar-refractivity contribution in [1.29, 1.82) is 0 Å². The van der Waals surface area contributed by atoms with E-state index in [1.807, 2.05) is 36.2 Å². The van der Waals surface area contributed by atoms with Crippen LogP contribution in [0.4, 0.5) is 10.5 Å². The van der Waals surface area contributed by atoms with Gasteiger partial charge < -0.3 is 10.2 Å². The lowest BCUT2D eigenvalue weighted by molar-refractivity contribution is 0.0495. The Morgan fingerprint density at radius 3 is 2.86 bits per heavy atom. The number of pyridine rings is 1. The van der Waals surface area contributed by atoms with Crippen LogP contribution in [0, 0.1) is 12.8 Å². The molecule has 2 aliphatic heterocycles. The summed E-state index contributed by atoms with van der Waals surface area (Å²) in [6.07, 6.45) is 4.56. The largest absolute Gasteiger partial charge is 0.322 e. The number of aromatic nitrogens is 3. The lowest BCUT2D eigenvalue weighted by Crippen LogP contribution is -2.62.